The van der Waals surface area contributed by atoms with E-state index in [4.69, 9.17) is 0 Å². The van der Waals surface area contributed by atoms with Crippen LogP contribution >= 0.6 is 0 Å². The summed E-state index contributed by atoms with van der Waals surface area (Å²) in [6.45, 7) is 7.70. The molecule has 0 bridgehead atoms. The van der Waals surface area contributed by atoms with Gasteiger partial charge >= 0.3 is 0 Å². The first-order valence-corrected chi connectivity index (χ1v) is 10.2. The van der Waals surface area contributed by atoms with Crippen molar-refractivity contribution in [2.45, 2.75) is 52.7 Å². The maximum atomic E-state index is 13.5. The van der Waals surface area contributed by atoms with E-state index in [1.807, 2.05) is 91.2 Å². The molecule has 1 aliphatic carbocycles. The van der Waals surface area contributed by atoms with Crippen molar-refractivity contribution >= 4 is 11.8 Å². The lowest BCUT2D eigenvalue weighted by atomic mass is 10.0. The van der Waals surface area contributed by atoms with Crippen molar-refractivity contribution in [3.63, 3.8) is 0 Å². The van der Waals surface area contributed by atoms with Crippen LogP contribution in [0.25, 0.3) is 0 Å². The Morgan fingerprint density at radius 2 is 1.36 bits per heavy atom. The van der Waals surface area contributed by atoms with Gasteiger partial charge in [-0.25, -0.2) is 0 Å². The van der Waals surface area contributed by atoms with Crippen LogP contribution in [-0.2, 0) is 22.7 Å². The lowest BCUT2D eigenvalue weighted by Gasteiger charge is -2.33. The third-order valence-corrected chi connectivity index (χ3v) is 5.53. The number of carbonyl (C=O) groups excluding carboxylic acids is 2. The number of benzene rings is 2. The van der Waals surface area contributed by atoms with Crippen LogP contribution in [0.5, 0.6) is 0 Å². The van der Waals surface area contributed by atoms with Crippen molar-refractivity contribution in [3.05, 3.63) is 71.8 Å². The van der Waals surface area contributed by atoms with Gasteiger partial charge in [0, 0.05) is 25.7 Å². The third kappa shape index (κ3) is 4.27. The Hall–Kier alpha value is -2.62. The predicted octanol–water partition coefficient (Wildman–Crippen LogP) is 4.25. The molecule has 3 rings (SSSR count). The van der Waals surface area contributed by atoms with Crippen molar-refractivity contribution in [3.8, 4) is 0 Å². The molecule has 4 heteroatoms. The highest BCUT2D eigenvalue weighted by Gasteiger charge is 2.59. The molecule has 0 N–H and O–H groups in total. The minimum absolute atomic E-state index is 0.0251. The van der Waals surface area contributed by atoms with Crippen molar-refractivity contribution in [2.75, 3.05) is 6.54 Å². The molecular formula is C24H30N2O2. The zero-order chi connectivity index (χ0) is 20.1. The van der Waals surface area contributed by atoms with Gasteiger partial charge in [-0.1, -0.05) is 60.7 Å². The second kappa shape index (κ2) is 8.59. The Morgan fingerprint density at radius 3 is 1.79 bits per heavy atom. The molecule has 0 unspecified atom stereocenters. The molecule has 0 atom stereocenters. The fourth-order valence-corrected chi connectivity index (χ4v) is 3.62. The van der Waals surface area contributed by atoms with Crippen LogP contribution in [0.15, 0.2) is 60.7 Å². The van der Waals surface area contributed by atoms with Gasteiger partial charge in [0.1, 0.15) is 5.41 Å². The molecule has 28 heavy (non-hydrogen) atoms. The molecule has 1 saturated carbocycles. The largest absolute Gasteiger partial charge is 0.338 e. The molecule has 0 radical (unpaired) electrons. The van der Waals surface area contributed by atoms with Gasteiger partial charge in [-0.05, 0) is 44.7 Å². The van der Waals surface area contributed by atoms with Crippen molar-refractivity contribution in [1.29, 1.82) is 0 Å². The Bertz CT molecular complexity index is 798. The zero-order valence-electron chi connectivity index (χ0n) is 17.1. The average Bonchev–Trinajstić information content (AvgIpc) is 3.52. The first-order chi connectivity index (χ1) is 13.5. The first-order valence-electron chi connectivity index (χ1n) is 10.2. The Kier molecular flexibility index (Phi) is 6.18. The van der Waals surface area contributed by atoms with E-state index < -0.39 is 5.41 Å². The van der Waals surface area contributed by atoms with Crippen LogP contribution < -0.4 is 0 Å². The van der Waals surface area contributed by atoms with Crippen molar-refractivity contribution in [1.82, 2.24) is 9.80 Å². The molecule has 148 valence electrons. The molecule has 0 spiro atoms. The SMILES string of the molecule is CCN(Cc1ccccc1)C(=O)C1(C(=O)N(Cc2ccccc2)C(C)C)CC1. The minimum Gasteiger partial charge on any atom is -0.338 e. The highest BCUT2D eigenvalue weighted by molar-refractivity contribution is 6.07. The summed E-state index contributed by atoms with van der Waals surface area (Å²) < 4.78 is 0. The Balaban J connectivity index is 1.77. The van der Waals surface area contributed by atoms with Crippen LogP contribution in [0.4, 0.5) is 0 Å². The number of amides is 2. The van der Waals surface area contributed by atoms with Crippen molar-refractivity contribution in [2.24, 2.45) is 5.41 Å². The topological polar surface area (TPSA) is 40.6 Å². The van der Waals surface area contributed by atoms with E-state index in [-0.39, 0.29) is 17.9 Å². The van der Waals surface area contributed by atoms with E-state index in [0.717, 1.165) is 11.1 Å². The van der Waals surface area contributed by atoms with Gasteiger partial charge in [-0.3, -0.25) is 9.59 Å². The number of carbonyl (C=O) groups is 2. The molecular weight excluding hydrogens is 348 g/mol. The summed E-state index contributed by atoms with van der Waals surface area (Å²) in [6.07, 6.45) is 1.29. The summed E-state index contributed by atoms with van der Waals surface area (Å²) in [5.74, 6) is -0.0505. The Labute approximate surface area is 168 Å². The molecule has 2 aromatic carbocycles. The minimum atomic E-state index is -0.871. The second-order valence-electron chi connectivity index (χ2n) is 7.90. The van der Waals surface area contributed by atoms with Gasteiger partial charge < -0.3 is 9.80 Å². The predicted molar refractivity (Wildman–Crippen MR) is 111 cm³/mol. The van der Waals surface area contributed by atoms with E-state index in [1.165, 1.54) is 0 Å². The van der Waals surface area contributed by atoms with Crippen LogP contribution in [-0.4, -0.2) is 34.2 Å². The molecule has 1 fully saturated rings. The summed E-state index contributed by atoms with van der Waals surface area (Å²) in [5, 5.41) is 0. The average molecular weight is 379 g/mol. The van der Waals surface area contributed by atoms with E-state index in [1.54, 1.807) is 0 Å². The molecule has 2 aromatic rings. The normalized spacial score (nSPS) is 14.6. The fourth-order valence-electron chi connectivity index (χ4n) is 3.62. The van der Waals surface area contributed by atoms with E-state index in [0.29, 0.717) is 32.5 Å². The molecule has 0 aromatic heterocycles. The number of hydrogen-bond acceptors (Lipinski definition) is 2. The number of hydrogen-bond donors (Lipinski definition) is 0. The smallest absolute Gasteiger partial charge is 0.238 e. The quantitative estimate of drug-likeness (QED) is 0.644. The maximum Gasteiger partial charge on any atom is 0.238 e. The summed E-state index contributed by atoms with van der Waals surface area (Å²) in [7, 11) is 0. The van der Waals surface area contributed by atoms with Crippen LogP contribution in [0.2, 0.25) is 0 Å². The van der Waals surface area contributed by atoms with Crippen LogP contribution in [0.1, 0.15) is 44.7 Å². The molecule has 4 nitrogen and oxygen atoms in total. The molecule has 0 aliphatic heterocycles. The lowest BCUT2D eigenvalue weighted by Crippen LogP contribution is -2.48. The summed E-state index contributed by atoms with van der Waals surface area (Å²) in [6, 6.07) is 20.0. The lowest BCUT2D eigenvalue weighted by molar-refractivity contribution is -0.151. The van der Waals surface area contributed by atoms with Gasteiger partial charge in [0.25, 0.3) is 0 Å². The fraction of sp³-hybridized carbons (Fsp3) is 0.417. The van der Waals surface area contributed by atoms with E-state index >= 15 is 0 Å². The van der Waals surface area contributed by atoms with E-state index in [2.05, 4.69) is 0 Å². The second-order valence-corrected chi connectivity index (χ2v) is 7.90. The number of nitrogens with zero attached hydrogens (tertiary/aromatic N) is 2. The molecule has 2 amide bonds. The van der Waals surface area contributed by atoms with Gasteiger partial charge in [0.05, 0.1) is 0 Å². The van der Waals surface area contributed by atoms with Gasteiger partial charge in [-0.2, -0.15) is 0 Å². The highest BCUT2D eigenvalue weighted by Crippen LogP contribution is 2.49. The summed E-state index contributed by atoms with van der Waals surface area (Å²) in [5.41, 5.74) is 1.31. The van der Waals surface area contributed by atoms with Crippen molar-refractivity contribution < 1.29 is 9.59 Å². The monoisotopic (exact) mass is 378 g/mol. The molecule has 0 heterocycles. The standard InChI is InChI=1S/C24H30N2O2/c1-4-25(17-20-11-7-5-8-12-20)22(27)24(15-16-24)23(28)26(19(2)3)18-21-13-9-6-10-14-21/h5-14,19H,4,15-18H2,1-3H3. The van der Waals surface area contributed by atoms with E-state index in [9.17, 15) is 9.59 Å². The van der Waals surface area contributed by atoms with Gasteiger partial charge in [0.2, 0.25) is 11.8 Å². The Morgan fingerprint density at radius 1 is 0.857 bits per heavy atom. The molecule has 0 saturated heterocycles. The number of rotatable bonds is 8. The summed E-state index contributed by atoms with van der Waals surface area (Å²) >= 11 is 0. The third-order valence-electron chi connectivity index (χ3n) is 5.53. The maximum absolute atomic E-state index is 13.5. The summed E-state index contributed by atoms with van der Waals surface area (Å²) in [4.78, 5) is 30.5. The highest BCUT2D eigenvalue weighted by atomic mass is 16.2. The zero-order valence-corrected chi connectivity index (χ0v) is 17.1. The first kappa shape index (κ1) is 20.1. The van der Waals surface area contributed by atoms with Crippen LogP contribution in [0.3, 0.4) is 0 Å². The van der Waals surface area contributed by atoms with Gasteiger partial charge in [-0.15, -0.1) is 0 Å². The van der Waals surface area contributed by atoms with Gasteiger partial charge in [0.15, 0.2) is 0 Å². The van der Waals surface area contributed by atoms with Crippen LogP contribution in [0, 0.1) is 5.41 Å². The molecule has 1 aliphatic rings.